The summed E-state index contributed by atoms with van der Waals surface area (Å²) in [6, 6.07) is 6.12. The van der Waals surface area contributed by atoms with Crippen LogP contribution in [0.25, 0.3) is 0 Å². The van der Waals surface area contributed by atoms with Crippen LogP contribution < -0.4 is 9.47 Å². The van der Waals surface area contributed by atoms with Gasteiger partial charge in [0.15, 0.2) is 11.5 Å². The highest BCUT2D eigenvalue weighted by Crippen LogP contribution is 2.44. The van der Waals surface area contributed by atoms with Gasteiger partial charge in [0.2, 0.25) is 0 Å². The van der Waals surface area contributed by atoms with Crippen LogP contribution in [0.15, 0.2) is 18.2 Å². The second-order valence-electron chi connectivity index (χ2n) is 4.12. The molecule has 0 saturated carbocycles. The molecule has 0 saturated heterocycles. The lowest BCUT2D eigenvalue weighted by molar-refractivity contribution is 0.0828. The fourth-order valence-electron chi connectivity index (χ4n) is 2.22. The maximum Gasteiger partial charge on any atom is 0.165 e. The molecular weight excluding hydrogens is 188 g/mol. The summed E-state index contributed by atoms with van der Waals surface area (Å²) in [6.07, 6.45) is 3.09. The second kappa shape index (κ2) is 3.76. The molecule has 1 heterocycles. The average molecular weight is 206 g/mol. The summed E-state index contributed by atoms with van der Waals surface area (Å²) in [5, 5.41) is 0. The minimum Gasteiger partial charge on any atom is -0.493 e. The Kier molecular flexibility index (Phi) is 2.59. The molecule has 0 spiro atoms. The lowest BCUT2D eigenvalue weighted by Crippen LogP contribution is -2.32. The van der Waals surface area contributed by atoms with Crippen LogP contribution in [0.4, 0.5) is 0 Å². The zero-order valence-electron chi connectivity index (χ0n) is 9.67. The van der Waals surface area contributed by atoms with Gasteiger partial charge in [-0.05, 0) is 18.9 Å². The summed E-state index contributed by atoms with van der Waals surface area (Å²) >= 11 is 0. The van der Waals surface area contributed by atoms with Crippen LogP contribution in [0, 0.1) is 0 Å². The van der Waals surface area contributed by atoms with Crippen LogP contribution in [-0.2, 0) is 6.42 Å². The van der Waals surface area contributed by atoms with Crippen molar-refractivity contribution in [2.45, 2.75) is 38.7 Å². The van der Waals surface area contributed by atoms with Gasteiger partial charge in [-0.1, -0.05) is 26.0 Å². The van der Waals surface area contributed by atoms with Gasteiger partial charge in [0.1, 0.15) is 5.60 Å². The van der Waals surface area contributed by atoms with Crippen molar-refractivity contribution in [1.82, 2.24) is 0 Å². The van der Waals surface area contributed by atoms with Gasteiger partial charge in [-0.25, -0.2) is 0 Å². The van der Waals surface area contributed by atoms with Crippen LogP contribution in [0.5, 0.6) is 11.5 Å². The van der Waals surface area contributed by atoms with Gasteiger partial charge in [-0.15, -0.1) is 0 Å². The van der Waals surface area contributed by atoms with Gasteiger partial charge in [-0.3, -0.25) is 0 Å². The predicted octanol–water partition coefficient (Wildman–Crippen LogP) is 3.19. The number of rotatable bonds is 3. The summed E-state index contributed by atoms with van der Waals surface area (Å²) in [7, 11) is 1.69. The van der Waals surface area contributed by atoms with Crippen molar-refractivity contribution in [3.8, 4) is 11.5 Å². The van der Waals surface area contributed by atoms with Gasteiger partial charge in [0.05, 0.1) is 7.11 Å². The average Bonchev–Trinajstić information content (AvgIpc) is 2.68. The molecule has 0 amide bonds. The number of ether oxygens (including phenoxy) is 2. The van der Waals surface area contributed by atoms with Gasteiger partial charge in [-0.2, -0.15) is 0 Å². The van der Waals surface area contributed by atoms with E-state index in [4.69, 9.17) is 9.47 Å². The molecule has 2 nitrogen and oxygen atoms in total. The zero-order chi connectivity index (χ0) is 10.9. The summed E-state index contributed by atoms with van der Waals surface area (Å²) in [6.45, 7) is 4.36. The standard InChI is InChI=1S/C13H18O2/c1-4-13(5-2)9-10-7-6-8-11(14-3)12(10)15-13/h6-8H,4-5,9H2,1-3H3. The number of hydrogen-bond acceptors (Lipinski definition) is 2. The van der Waals surface area contributed by atoms with E-state index in [0.717, 1.165) is 30.8 Å². The number of fused-ring (bicyclic) bond motifs is 1. The van der Waals surface area contributed by atoms with Crippen LogP contribution in [0.3, 0.4) is 0 Å². The van der Waals surface area contributed by atoms with Gasteiger partial charge >= 0.3 is 0 Å². The van der Waals surface area contributed by atoms with Crippen molar-refractivity contribution < 1.29 is 9.47 Å². The number of hydrogen-bond donors (Lipinski definition) is 0. The number of methoxy groups -OCH3 is 1. The molecule has 0 radical (unpaired) electrons. The Morgan fingerprint density at radius 1 is 1.33 bits per heavy atom. The monoisotopic (exact) mass is 206 g/mol. The Morgan fingerprint density at radius 2 is 2.07 bits per heavy atom. The minimum absolute atomic E-state index is 0.00301. The van der Waals surface area contributed by atoms with E-state index in [1.807, 2.05) is 12.1 Å². The summed E-state index contributed by atoms with van der Waals surface area (Å²) in [5.41, 5.74) is 1.27. The first-order valence-electron chi connectivity index (χ1n) is 5.59. The predicted molar refractivity (Wildman–Crippen MR) is 60.6 cm³/mol. The lowest BCUT2D eigenvalue weighted by atomic mass is 9.92. The molecule has 0 atom stereocenters. The molecule has 15 heavy (non-hydrogen) atoms. The summed E-state index contributed by atoms with van der Waals surface area (Å²) in [5.74, 6) is 1.81. The van der Waals surface area contributed by atoms with E-state index in [2.05, 4.69) is 19.9 Å². The fraction of sp³-hybridized carbons (Fsp3) is 0.538. The molecule has 0 fully saturated rings. The first-order chi connectivity index (χ1) is 7.24. The molecule has 1 aliphatic rings. The lowest BCUT2D eigenvalue weighted by Gasteiger charge is -2.25. The molecule has 1 aromatic rings. The van der Waals surface area contributed by atoms with Crippen molar-refractivity contribution >= 4 is 0 Å². The van der Waals surface area contributed by atoms with Crippen molar-refractivity contribution in [1.29, 1.82) is 0 Å². The van der Waals surface area contributed by atoms with E-state index in [-0.39, 0.29) is 5.60 Å². The van der Waals surface area contributed by atoms with E-state index in [0.29, 0.717) is 0 Å². The third-order valence-corrected chi connectivity index (χ3v) is 3.40. The zero-order valence-corrected chi connectivity index (χ0v) is 9.67. The molecule has 0 aromatic heterocycles. The van der Waals surface area contributed by atoms with Gasteiger partial charge < -0.3 is 9.47 Å². The van der Waals surface area contributed by atoms with Crippen LogP contribution in [0.2, 0.25) is 0 Å². The van der Waals surface area contributed by atoms with Gasteiger partial charge in [0.25, 0.3) is 0 Å². The molecule has 1 aromatic carbocycles. The van der Waals surface area contributed by atoms with E-state index in [1.54, 1.807) is 7.11 Å². The minimum atomic E-state index is -0.00301. The van der Waals surface area contributed by atoms with Crippen LogP contribution >= 0.6 is 0 Å². The van der Waals surface area contributed by atoms with Crippen LogP contribution in [-0.4, -0.2) is 12.7 Å². The Labute approximate surface area is 91.2 Å². The van der Waals surface area contributed by atoms with Crippen molar-refractivity contribution in [3.05, 3.63) is 23.8 Å². The second-order valence-corrected chi connectivity index (χ2v) is 4.12. The number of benzene rings is 1. The maximum absolute atomic E-state index is 6.09. The Hall–Kier alpha value is -1.18. The highest BCUT2D eigenvalue weighted by atomic mass is 16.5. The first-order valence-corrected chi connectivity index (χ1v) is 5.59. The SMILES string of the molecule is CCC1(CC)Cc2cccc(OC)c2O1. The Bertz CT molecular complexity index is 354. The summed E-state index contributed by atoms with van der Waals surface area (Å²) < 4.78 is 11.4. The fourth-order valence-corrected chi connectivity index (χ4v) is 2.22. The molecule has 0 N–H and O–H groups in total. The van der Waals surface area contributed by atoms with Crippen molar-refractivity contribution in [2.75, 3.05) is 7.11 Å². The highest BCUT2D eigenvalue weighted by molar-refractivity contribution is 5.50. The quantitative estimate of drug-likeness (QED) is 0.756. The van der Waals surface area contributed by atoms with E-state index >= 15 is 0 Å². The Balaban J connectivity index is 2.37. The third-order valence-electron chi connectivity index (χ3n) is 3.40. The van der Waals surface area contributed by atoms with Crippen LogP contribution in [0.1, 0.15) is 32.3 Å². The molecule has 0 aliphatic carbocycles. The Morgan fingerprint density at radius 3 is 2.67 bits per heavy atom. The van der Waals surface area contributed by atoms with E-state index < -0.39 is 0 Å². The molecule has 2 heteroatoms. The van der Waals surface area contributed by atoms with Crippen molar-refractivity contribution in [3.63, 3.8) is 0 Å². The molecule has 2 rings (SSSR count). The number of para-hydroxylation sites is 1. The molecular formula is C13H18O2. The van der Waals surface area contributed by atoms with E-state index in [9.17, 15) is 0 Å². The largest absolute Gasteiger partial charge is 0.493 e. The highest BCUT2D eigenvalue weighted by Gasteiger charge is 2.37. The molecule has 0 bridgehead atoms. The molecule has 1 aliphatic heterocycles. The molecule has 0 unspecified atom stereocenters. The van der Waals surface area contributed by atoms with Crippen molar-refractivity contribution in [2.24, 2.45) is 0 Å². The van der Waals surface area contributed by atoms with Gasteiger partial charge in [0, 0.05) is 12.0 Å². The maximum atomic E-state index is 6.09. The normalized spacial score (nSPS) is 17.0. The smallest absolute Gasteiger partial charge is 0.165 e. The topological polar surface area (TPSA) is 18.5 Å². The molecule has 82 valence electrons. The summed E-state index contributed by atoms with van der Waals surface area (Å²) in [4.78, 5) is 0. The third kappa shape index (κ3) is 1.58. The first kappa shape index (κ1) is 10.3. The van der Waals surface area contributed by atoms with E-state index in [1.165, 1.54) is 5.56 Å².